The molecule has 0 aliphatic rings. The van der Waals surface area contributed by atoms with Crippen LogP contribution in [-0.4, -0.2) is 19.1 Å². The Hall–Kier alpha value is -4.62. The first-order valence-corrected chi connectivity index (χ1v) is 16.5. The van der Waals surface area contributed by atoms with Crippen LogP contribution in [0.25, 0.3) is 11.4 Å². The third-order valence-corrected chi connectivity index (χ3v) is 11.8. The average Bonchev–Trinajstić information content (AvgIpc) is 3.74. The van der Waals surface area contributed by atoms with Crippen LogP contribution in [0.5, 0.6) is 0 Å². The number of aromatic nitrogens is 4. The standard InChI is InChI=1S/C36H28N4P2/c1-5-13-31(14-6-1)41(32-15-7-2-8-16-32)35-37-25-27-39(35)29-21-23-30(24-22-29)40-28-26-38-36(40)42(33-17-9-3-10-18-33)34-19-11-4-12-20-34/h1-28H. The minimum Gasteiger partial charge on any atom is -0.300 e. The van der Waals surface area contributed by atoms with Crippen molar-refractivity contribution >= 4 is 48.2 Å². The topological polar surface area (TPSA) is 35.6 Å². The predicted octanol–water partition coefficient (Wildman–Crippen LogP) is 5.57. The molecule has 0 saturated heterocycles. The van der Waals surface area contributed by atoms with Gasteiger partial charge in [-0.2, -0.15) is 0 Å². The second-order valence-electron chi connectivity index (χ2n) is 9.72. The Labute approximate surface area is 248 Å². The van der Waals surface area contributed by atoms with Crippen LogP contribution in [0.4, 0.5) is 0 Å². The molecule has 0 unspecified atom stereocenters. The molecule has 202 valence electrons. The molecule has 0 N–H and O–H groups in total. The fourth-order valence-corrected chi connectivity index (χ4v) is 9.73. The van der Waals surface area contributed by atoms with Crippen molar-refractivity contribution in [1.82, 2.24) is 19.1 Å². The van der Waals surface area contributed by atoms with Gasteiger partial charge in [-0.1, -0.05) is 121 Å². The first-order chi connectivity index (χ1) is 20.9. The van der Waals surface area contributed by atoms with E-state index in [1.54, 1.807) is 0 Å². The van der Waals surface area contributed by atoms with E-state index in [0.29, 0.717) is 0 Å². The second-order valence-corrected chi connectivity index (χ2v) is 13.9. The molecule has 42 heavy (non-hydrogen) atoms. The van der Waals surface area contributed by atoms with Crippen LogP contribution in [0.1, 0.15) is 0 Å². The minimum atomic E-state index is -0.823. The molecule has 0 aliphatic carbocycles. The summed E-state index contributed by atoms with van der Waals surface area (Å²) < 4.78 is 4.45. The summed E-state index contributed by atoms with van der Waals surface area (Å²) in [6, 6.07) is 51.5. The van der Waals surface area contributed by atoms with Gasteiger partial charge < -0.3 is 0 Å². The highest BCUT2D eigenvalue weighted by Crippen LogP contribution is 2.34. The highest BCUT2D eigenvalue weighted by atomic mass is 31.1. The van der Waals surface area contributed by atoms with Crippen molar-refractivity contribution in [1.29, 1.82) is 0 Å². The van der Waals surface area contributed by atoms with Crippen LogP contribution in [0.2, 0.25) is 0 Å². The van der Waals surface area contributed by atoms with Gasteiger partial charge in [0.2, 0.25) is 0 Å². The van der Waals surface area contributed by atoms with Gasteiger partial charge in [-0.3, -0.25) is 9.13 Å². The number of benzene rings is 5. The van der Waals surface area contributed by atoms with Gasteiger partial charge in [0, 0.05) is 52.0 Å². The number of hydrogen-bond acceptors (Lipinski definition) is 2. The number of nitrogens with zero attached hydrogens (tertiary/aromatic N) is 4. The van der Waals surface area contributed by atoms with Crippen molar-refractivity contribution in [2.24, 2.45) is 0 Å². The van der Waals surface area contributed by atoms with E-state index in [9.17, 15) is 0 Å². The molecular formula is C36H28N4P2. The van der Waals surface area contributed by atoms with Gasteiger partial charge in [0.15, 0.2) is 0 Å². The van der Waals surface area contributed by atoms with E-state index in [2.05, 4.69) is 167 Å². The number of rotatable bonds is 8. The second kappa shape index (κ2) is 12.1. The van der Waals surface area contributed by atoms with E-state index >= 15 is 0 Å². The largest absolute Gasteiger partial charge is 0.300 e. The summed E-state index contributed by atoms with van der Waals surface area (Å²) in [6.07, 6.45) is 7.95. The van der Waals surface area contributed by atoms with E-state index in [0.717, 1.165) is 22.5 Å². The van der Waals surface area contributed by atoms with Crippen LogP contribution in [0.15, 0.2) is 170 Å². The Balaban J connectivity index is 1.27. The first kappa shape index (κ1) is 26.3. The van der Waals surface area contributed by atoms with Crippen LogP contribution in [0, 0.1) is 0 Å². The molecular weight excluding hydrogens is 550 g/mol. The zero-order chi connectivity index (χ0) is 28.1. The maximum Gasteiger partial charge on any atom is 0.145 e. The van der Waals surface area contributed by atoms with E-state index in [4.69, 9.17) is 9.97 Å². The predicted molar refractivity (Wildman–Crippen MR) is 178 cm³/mol. The Bertz CT molecular complexity index is 1650. The van der Waals surface area contributed by atoms with Crippen molar-refractivity contribution in [3.05, 3.63) is 170 Å². The molecule has 0 spiro atoms. The van der Waals surface area contributed by atoms with Gasteiger partial charge in [-0.25, -0.2) is 9.97 Å². The Morgan fingerprint density at radius 2 is 0.643 bits per heavy atom. The third kappa shape index (κ3) is 5.23. The molecule has 4 nitrogen and oxygen atoms in total. The van der Waals surface area contributed by atoms with Crippen LogP contribution in [0.3, 0.4) is 0 Å². The normalized spacial score (nSPS) is 11.3. The molecule has 0 atom stereocenters. The maximum atomic E-state index is 4.90. The molecule has 2 aromatic heterocycles. The van der Waals surface area contributed by atoms with E-state index < -0.39 is 15.8 Å². The summed E-state index contributed by atoms with van der Waals surface area (Å²) in [5.74, 6) is 0. The van der Waals surface area contributed by atoms with Crippen LogP contribution in [-0.2, 0) is 0 Å². The van der Waals surface area contributed by atoms with Gasteiger partial charge in [0.1, 0.15) is 11.1 Å². The van der Waals surface area contributed by atoms with Gasteiger partial charge in [0.05, 0.1) is 0 Å². The molecule has 0 saturated carbocycles. The molecule has 7 rings (SSSR count). The van der Waals surface area contributed by atoms with Crippen LogP contribution >= 0.6 is 15.8 Å². The van der Waals surface area contributed by atoms with Crippen molar-refractivity contribution < 1.29 is 0 Å². The smallest absolute Gasteiger partial charge is 0.145 e. The van der Waals surface area contributed by atoms with Gasteiger partial charge in [-0.15, -0.1) is 0 Å². The summed E-state index contributed by atoms with van der Waals surface area (Å²) in [6.45, 7) is 0. The van der Waals surface area contributed by atoms with Crippen LogP contribution < -0.4 is 32.3 Å². The molecule has 6 heteroatoms. The highest BCUT2D eigenvalue weighted by Gasteiger charge is 2.23. The van der Waals surface area contributed by atoms with E-state index in [-0.39, 0.29) is 0 Å². The third-order valence-electron chi connectivity index (χ3n) is 7.11. The lowest BCUT2D eigenvalue weighted by atomic mass is 10.3. The minimum absolute atomic E-state index is 0.823. The van der Waals surface area contributed by atoms with E-state index in [1.807, 2.05) is 12.4 Å². The van der Waals surface area contributed by atoms with Crippen molar-refractivity contribution in [3.8, 4) is 11.4 Å². The Morgan fingerprint density at radius 3 is 0.929 bits per heavy atom. The fraction of sp³-hybridized carbons (Fsp3) is 0. The SMILES string of the molecule is c1ccc(P(c2ccccc2)c2nccn2-c2ccc(-n3ccnc3P(c3ccccc3)c3ccccc3)cc2)cc1. The highest BCUT2D eigenvalue weighted by molar-refractivity contribution is 7.79. The zero-order valence-electron chi connectivity index (χ0n) is 22.8. The summed E-state index contributed by atoms with van der Waals surface area (Å²) in [5, 5.41) is 5.11. The molecule has 0 bridgehead atoms. The zero-order valence-corrected chi connectivity index (χ0v) is 24.6. The molecule has 7 aromatic rings. The fourth-order valence-electron chi connectivity index (χ4n) is 5.17. The van der Waals surface area contributed by atoms with Crippen molar-refractivity contribution in [2.45, 2.75) is 0 Å². The number of hydrogen-bond donors (Lipinski definition) is 0. The first-order valence-electron chi connectivity index (χ1n) is 13.8. The Morgan fingerprint density at radius 1 is 0.357 bits per heavy atom. The molecule has 0 aliphatic heterocycles. The van der Waals surface area contributed by atoms with Crippen molar-refractivity contribution in [3.63, 3.8) is 0 Å². The summed E-state index contributed by atoms with van der Waals surface area (Å²) in [4.78, 5) is 9.80. The summed E-state index contributed by atoms with van der Waals surface area (Å²) in [5.41, 5.74) is 4.27. The van der Waals surface area contributed by atoms with Gasteiger partial charge >= 0.3 is 0 Å². The Kier molecular flexibility index (Phi) is 7.57. The monoisotopic (exact) mass is 578 g/mol. The lowest BCUT2D eigenvalue weighted by Gasteiger charge is -2.21. The van der Waals surface area contributed by atoms with Gasteiger partial charge in [0.25, 0.3) is 0 Å². The summed E-state index contributed by atoms with van der Waals surface area (Å²) in [7, 11) is -1.65. The molecule has 2 heterocycles. The maximum absolute atomic E-state index is 4.90. The molecule has 0 amide bonds. The lowest BCUT2D eigenvalue weighted by molar-refractivity contribution is 1.08. The average molecular weight is 579 g/mol. The van der Waals surface area contributed by atoms with Crippen molar-refractivity contribution in [2.75, 3.05) is 0 Å². The summed E-state index contributed by atoms with van der Waals surface area (Å²) >= 11 is 0. The molecule has 5 aromatic carbocycles. The molecule has 0 fully saturated rings. The molecule has 0 radical (unpaired) electrons. The van der Waals surface area contributed by atoms with E-state index in [1.165, 1.54) is 21.2 Å². The van der Waals surface area contributed by atoms with Gasteiger partial charge in [-0.05, 0) is 45.5 Å². The lowest BCUT2D eigenvalue weighted by Crippen LogP contribution is -2.27. The number of imidazole rings is 2. The quantitative estimate of drug-likeness (QED) is 0.221.